The molecule has 2 aromatic rings. The fourth-order valence-electron chi connectivity index (χ4n) is 8.84. The molecule has 2 aliphatic carbocycles. The van der Waals surface area contributed by atoms with Gasteiger partial charge in [-0.1, -0.05) is 6.07 Å². The van der Waals surface area contributed by atoms with Gasteiger partial charge in [0.2, 0.25) is 0 Å². The Morgan fingerprint density at radius 1 is 1.08 bits per heavy atom. The summed E-state index contributed by atoms with van der Waals surface area (Å²) in [5.74, 6) is 1.41. The molecule has 2 bridgehead atoms. The number of piperazine rings is 1. The van der Waals surface area contributed by atoms with Crippen LogP contribution in [0.1, 0.15) is 67.3 Å². The molecule has 1 aromatic carbocycles. The van der Waals surface area contributed by atoms with Crippen LogP contribution in [0.25, 0.3) is 0 Å². The van der Waals surface area contributed by atoms with Crippen molar-refractivity contribution in [1.82, 2.24) is 20.2 Å². The number of ether oxygens (including phenoxy) is 1. The Morgan fingerprint density at radius 3 is 2.79 bits per heavy atom. The Hall–Kier alpha value is -2.45. The molecule has 0 amide bonds. The van der Waals surface area contributed by atoms with Crippen molar-refractivity contribution in [2.24, 2.45) is 0 Å². The number of alkyl halides is 1. The largest absolute Gasteiger partial charge is 0.508 e. The van der Waals surface area contributed by atoms with Crippen molar-refractivity contribution >= 4 is 5.82 Å². The molecule has 0 saturated carbocycles. The summed E-state index contributed by atoms with van der Waals surface area (Å²) in [4.78, 5) is 14.9. The molecular formula is C30H38FN5O2. The fourth-order valence-corrected chi connectivity index (χ4v) is 8.84. The molecule has 5 heterocycles. The van der Waals surface area contributed by atoms with Gasteiger partial charge in [0.1, 0.15) is 24.3 Å². The average Bonchev–Trinajstić information content (AvgIpc) is 3.64. The number of phenolic OH excluding ortho intramolecular Hbond substituents is 1. The number of halogens is 1. The van der Waals surface area contributed by atoms with Gasteiger partial charge in [0.05, 0.1) is 11.2 Å². The van der Waals surface area contributed by atoms with E-state index in [0.717, 1.165) is 76.1 Å². The van der Waals surface area contributed by atoms with Gasteiger partial charge in [0, 0.05) is 49.1 Å². The van der Waals surface area contributed by atoms with Gasteiger partial charge >= 0.3 is 6.01 Å². The SMILES string of the molecule is Oc1ccc2c(c1)C1(CC2)CCc2c(nc(OC[C@@]34CCCN3C[C@H](F)C4)nc2N2C[C@H]3CC[C@@H](C2)N3)C1. The highest BCUT2D eigenvalue weighted by Crippen LogP contribution is 2.50. The number of aryl methyl sites for hydroxylation is 1. The summed E-state index contributed by atoms with van der Waals surface area (Å²) in [6, 6.07) is 7.40. The van der Waals surface area contributed by atoms with E-state index < -0.39 is 6.17 Å². The van der Waals surface area contributed by atoms with Gasteiger partial charge in [-0.15, -0.1) is 0 Å². The van der Waals surface area contributed by atoms with Crippen molar-refractivity contribution in [2.75, 3.05) is 37.7 Å². The summed E-state index contributed by atoms with van der Waals surface area (Å²) in [6.07, 6.45) is 9.32. The van der Waals surface area contributed by atoms with E-state index in [4.69, 9.17) is 14.7 Å². The first-order chi connectivity index (χ1) is 18.5. The number of hydrogen-bond acceptors (Lipinski definition) is 7. The second-order valence-corrected chi connectivity index (χ2v) is 13.0. The second kappa shape index (κ2) is 8.52. The lowest BCUT2D eigenvalue weighted by Gasteiger charge is -2.39. The molecule has 4 saturated heterocycles. The third kappa shape index (κ3) is 3.66. The zero-order valence-corrected chi connectivity index (χ0v) is 22.1. The molecule has 1 unspecified atom stereocenters. The normalized spacial score (nSPS) is 35.5. The lowest BCUT2D eigenvalue weighted by molar-refractivity contribution is 0.107. The van der Waals surface area contributed by atoms with Gasteiger partial charge in [0.25, 0.3) is 0 Å². The Kier molecular flexibility index (Phi) is 5.26. The van der Waals surface area contributed by atoms with Crippen LogP contribution in [-0.4, -0.2) is 76.6 Å². The van der Waals surface area contributed by atoms with Crippen molar-refractivity contribution in [3.05, 3.63) is 40.6 Å². The van der Waals surface area contributed by atoms with Crippen LogP contribution < -0.4 is 15.0 Å². The number of hydrogen-bond donors (Lipinski definition) is 2. The van der Waals surface area contributed by atoms with E-state index in [1.54, 1.807) is 0 Å². The molecule has 8 rings (SSSR count). The van der Waals surface area contributed by atoms with E-state index in [9.17, 15) is 9.50 Å². The number of phenols is 1. The maximum atomic E-state index is 14.4. The number of aromatic nitrogens is 2. The highest BCUT2D eigenvalue weighted by atomic mass is 19.1. The Balaban J connectivity index is 1.15. The number of fused-ring (bicyclic) bond motifs is 6. The molecular weight excluding hydrogens is 481 g/mol. The highest BCUT2D eigenvalue weighted by Gasteiger charge is 2.50. The first-order valence-corrected chi connectivity index (χ1v) is 14.7. The van der Waals surface area contributed by atoms with Gasteiger partial charge in [-0.25, -0.2) is 4.39 Å². The molecule has 1 aromatic heterocycles. The van der Waals surface area contributed by atoms with E-state index in [-0.39, 0.29) is 11.0 Å². The fraction of sp³-hybridized carbons (Fsp3) is 0.667. The lowest BCUT2D eigenvalue weighted by Crippen LogP contribution is -2.52. The van der Waals surface area contributed by atoms with Gasteiger partial charge in [-0.05, 0) is 87.6 Å². The quantitative estimate of drug-likeness (QED) is 0.641. The van der Waals surface area contributed by atoms with Gasteiger partial charge < -0.3 is 20.1 Å². The van der Waals surface area contributed by atoms with E-state index in [2.05, 4.69) is 21.2 Å². The first-order valence-electron chi connectivity index (χ1n) is 14.7. The van der Waals surface area contributed by atoms with Crippen molar-refractivity contribution in [3.8, 4) is 11.8 Å². The van der Waals surface area contributed by atoms with E-state index in [0.29, 0.717) is 43.4 Å². The third-order valence-corrected chi connectivity index (χ3v) is 10.7. The van der Waals surface area contributed by atoms with E-state index in [1.165, 1.54) is 29.5 Å². The van der Waals surface area contributed by atoms with Gasteiger partial charge in [0.15, 0.2) is 0 Å². The van der Waals surface area contributed by atoms with Crippen LogP contribution in [0.5, 0.6) is 11.8 Å². The zero-order valence-electron chi connectivity index (χ0n) is 22.1. The second-order valence-electron chi connectivity index (χ2n) is 13.0. The zero-order chi connectivity index (χ0) is 25.5. The predicted molar refractivity (Wildman–Crippen MR) is 143 cm³/mol. The summed E-state index contributed by atoms with van der Waals surface area (Å²) in [5.41, 5.74) is 4.85. The summed E-state index contributed by atoms with van der Waals surface area (Å²) in [5, 5.41) is 14.0. The third-order valence-electron chi connectivity index (χ3n) is 10.7. The monoisotopic (exact) mass is 519 g/mol. The maximum Gasteiger partial charge on any atom is 0.318 e. The molecule has 7 nitrogen and oxygen atoms in total. The number of rotatable bonds is 4. The van der Waals surface area contributed by atoms with Crippen molar-refractivity contribution in [1.29, 1.82) is 0 Å². The minimum atomic E-state index is -0.769. The van der Waals surface area contributed by atoms with Crippen LogP contribution >= 0.6 is 0 Å². The van der Waals surface area contributed by atoms with Gasteiger partial charge in [-0.2, -0.15) is 9.97 Å². The summed E-state index contributed by atoms with van der Waals surface area (Å²) in [7, 11) is 0. The minimum Gasteiger partial charge on any atom is -0.508 e. The van der Waals surface area contributed by atoms with Crippen LogP contribution in [0.3, 0.4) is 0 Å². The summed E-state index contributed by atoms with van der Waals surface area (Å²) >= 11 is 0. The number of anilines is 1. The van der Waals surface area contributed by atoms with E-state index >= 15 is 0 Å². The highest BCUT2D eigenvalue weighted by molar-refractivity contribution is 5.55. The lowest BCUT2D eigenvalue weighted by atomic mass is 9.69. The molecule has 38 heavy (non-hydrogen) atoms. The summed E-state index contributed by atoms with van der Waals surface area (Å²) < 4.78 is 20.8. The molecule has 4 fully saturated rings. The molecule has 5 atom stereocenters. The van der Waals surface area contributed by atoms with Crippen molar-refractivity contribution in [3.63, 3.8) is 0 Å². The van der Waals surface area contributed by atoms with Crippen LogP contribution in [0, 0.1) is 0 Å². The molecule has 6 aliphatic rings. The van der Waals surface area contributed by atoms with Crippen LogP contribution in [0.2, 0.25) is 0 Å². The van der Waals surface area contributed by atoms with Crippen LogP contribution in [0.4, 0.5) is 10.2 Å². The van der Waals surface area contributed by atoms with Crippen LogP contribution in [0.15, 0.2) is 18.2 Å². The van der Waals surface area contributed by atoms with Crippen molar-refractivity contribution in [2.45, 2.75) is 93.4 Å². The molecule has 8 heteroatoms. The molecule has 4 aliphatic heterocycles. The topological polar surface area (TPSA) is 73.8 Å². The minimum absolute atomic E-state index is 0.0142. The molecule has 202 valence electrons. The Labute approximate surface area is 223 Å². The van der Waals surface area contributed by atoms with E-state index in [1.807, 2.05) is 12.1 Å². The standard InChI is InChI=1S/C30H38FN5O2/c31-20-13-30(8-1-11-36(30)15-20)18-38-28-33-26-14-29(9-6-19-2-5-23(37)12-25(19)29)10-7-24(26)27(34-28)35-16-21-3-4-22(17-35)32-21/h2,5,12,20-22,32,37H,1,3-4,6-11,13-18H2/t20-,21-,22+,29?,30+/m1/s1. The van der Waals surface area contributed by atoms with Gasteiger partial charge in [-0.3, -0.25) is 4.90 Å². The number of benzene rings is 1. The Bertz CT molecular complexity index is 1260. The molecule has 2 N–H and O–H groups in total. The maximum absolute atomic E-state index is 14.4. The number of nitrogens with zero attached hydrogens (tertiary/aromatic N) is 4. The average molecular weight is 520 g/mol. The number of nitrogens with one attached hydrogen (secondary N) is 1. The molecule has 1 spiro atoms. The van der Waals surface area contributed by atoms with Crippen LogP contribution in [-0.2, 0) is 24.7 Å². The molecule has 0 radical (unpaired) electrons. The van der Waals surface area contributed by atoms with Crippen molar-refractivity contribution < 1.29 is 14.2 Å². The number of aromatic hydroxyl groups is 1. The Morgan fingerprint density at radius 2 is 1.92 bits per heavy atom. The smallest absolute Gasteiger partial charge is 0.318 e. The summed E-state index contributed by atoms with van der Waals surface area (Å²) in [6.45, 7) is 3.89. The predicted octanol–water partition coefficient (Wildman–Crippen LogP) is 3.45. The first kappa shape index (κ1) is 23.4.